The molecule has 0 aliphatic heterocycles. The monoisotopic (exact) mass is 478 g/mol. The van der Waals surface area contributed by atoms with Crippen LogP contribution < -0.4 is 10.1 Å². The summed E-state index contributed by atoms with van der Waals surface area (Å²) in [4.78, 5) is 12.4. The summed E-state index contributed by atoms with van der Waals surface area (Å²) < 4.78 is 7.86. The van der Waals surface area contributed by atoms with Crippen LogP contribution in [-0.2, 0) is 17.9 Å². The van der Waals surface area contributed by atoms with Crippen LogP contribution >= 0.6 is 35.0 Å². The third-order valence-corrected chi connectivity index (χ3v) is 6.18. The van der Waals surface area contributed by atoms with E-state index in [4.69, 9.17) is 27.9 Å². The average molecular weight is 479 g/mol. The van der Waals surface area contributed by atoms with Crippen LogP contribution in [0.15, 0.2) is 53.7 Å². The molecule has 1 amide bonds. The molecule has 3 aromatic rings. The van der Waals surface area contributed by atoms with E-state index in [-0.39, 0.29) is 11.7 Å². The van der Waals surface area contributed by atoms with Gasteiger partial charge in [0.05, 0.1) is 21.5 Å². The van der Waals surface area contributed by atoms with E-state index in [0.717, 1.165) is 24.5 Å². The number of nitrogens with zero attached hydrogens (tertiary/aromatic N) is 3. The first kappa shape index (κ1) is 23.4. The van der Waals surface area contributed by atoms with Crippen molar-refractivity contribution in [2.45, 2.75) is 38.6 Å². The Morgan fingerprint density at radius 2 is 1.90 bits per heavy atom. The van der Waals surface area contributed by atoms with Gasteiger partial charge in [-0.2, -0.15) is 0 Å². The van der Waals surface area contributed by atoms with Crippen LogP contribution in [0.3, 0.4) is 0 Å². The van der Waals surface area contributed by atoms with Gasteiger partial charge in [0.2, 0.25) is 5.91 Å². The fourth-order valence-electron chi connectivity index (χ4n) is 2.73. The van der Waals surface area contributed by atoms with Crippen LogP contribution in [0.2, 0.25) is 10.0 Å². The van der Waals surface area contributed by atoms with Crippen LogP contribution in [-0.4, -0.2) is 26.4 Å². The molecule has 0 spiro atoms. The first-order valence-electron chi connectivity index (χ1n) is 9.90. The highest BCUT2D eigenvalue weighted by Crippen LogP contribution is 2.30. The summed E-state index contributed by atoms with van der Waals surface area (Å²) in [6.45, 7) is 5.39. The minimum atomic E-state index is -0.199. The molecule has 9 heteroatoms. The molecule has 0 atom stereocenters. The molecule has 3 rings (SSSR count). The van der Waals surface area contributed by atoms with E-state index < -0.39 is 0 Å². The molecule has 1 aromatic heterocycles. The van der Waals surface area contributed by atoms with E-state index in [0.29, 0.717) is 33.4 Å². The number of para-hydroxylation sites is 1. The van der Waals surface area contributed by atoms with Crippen molar-refractivity contribution in [3.63, 3.8) is 0 Å². The van der Waals surface area contributed by atoms with Gasteiger partial charge in [-0.1, -0.05) is 73.1 Å². The van der Waals surface area contributed by atoms with Gasteiger partial charge < -0.3 is 14.6 Å². The van der Waals surface area contributed by atoms with E-state index in [9.17, 15) is 4.79 Å². The van der Waals surface area contributed by atoms with Crippen molar-refractivity contribution < 1.29 is 9.53 Å². The van der Waals surface area contributed by atoms with Gasteiger partial charge in [0, 0.05) is 6.54 Å². The maximum absolute atomic E-state index is 12.4. The summed E-state index contributed by atoms with van der Waals surface area (Å²) in [6.07, 6.45) is 0.967. The molecule has 0 saturated heterocycles. The fourth-order valence-corrected chi connectivity index (χ4v) is 3.86. The minimum absolute atomic E-state index is 0.169. The predicted octanol–water partition coefficient (Wildman–Crippen LogP) is 5.94. The van der Waals surface area contributed by atoms with Gasteiger partial charge >= 0.3 is 0 Å². The van der Waals surface area contributed by atoms with Crippen LogP contribution in [0.4, 0.5) is 5.69 Å². The smallest absolute Gasteiger partial charge is 0.234 e. The number of ether oxygens (including phenoxy) is 1. The van der Waals surface area contributed by atoms with Crippen molar-refractivity contribution in [3.8, 4) is 5.75 Å². The van der Waals surface area contributed by atoms with Crippen LogP contribution in [0, 0.1) is 5.92 Å². The molecular formula is C22H24Cl2N4O2S. The summed E-state index contributed by atoms with van der Waals surface area (Å²) in [5, 5.41) is 12.8. The zero-order chi connectivity index (χ0) is 22.2. The second-order valence-corrected chi connectivity index (χ2v) is 9.00. The number of nitrogens with one attached hydrogen (secondary N) is 1. The molecule has 0 saturated carbocycles. The summed E-state index contributed by atoms with van der Waals surface area (Å²) >= 11 is 13.5. The molecule has 1 N–H and O–H groups in total. The lowest BCUT2D eigenvalue weighted by Crippen LogP contribution is -2.15. The van der Waals surface area contributed by atoms with Crippen LogP contribution in [0.25, 0.3) is 0 Å². The topological polar surface area (TPSA) is 69.0 Å². The molecule has 0 aliphatic carbocycles. The van der Waals surface area contributed by atoms with Gasteiger partial charge in [-0.3, -0.25) is 4.79 Å². The summed E-state index contributed by atoms with van der Waals surface area (Å²) in [5.41, 5.74) is 0.484. The molecule has 0 fully saturated rings. The lowest BCUT2D eigenvalue weighted by atomic mass is 10.1. The number of halogens is 2. The van der Waals surface area contributed by atoms with Gasteiger partial charge in [0.1, 0.15) is 12.4 Å². The third kappa shape index (κ3) is 6.89. The number of benzene rings is 2. The third-order valence-electron chi connectivity index (χ3n) is 4.39. The Bertz CT molecular complexity index is 1010. The Labute approximate surface area is 196 Å². The van der Waals surface area contributed by atoms with E-state index >= 15 is 0 Å². The minimum Gasteiger partial charge on any atom is -0.486 e. The van der Waals surface area contributed by atoms with Crippen molar-refractivity contribution in [2.75, 3.05) is 11.1 Å². The number of hydrogen-bond donors (Lipinski definition) is 1. The highest BCUT2D eigenvalue weighted by Gasteiger charge is 2.16. The number of hydrogen-bond acceptors (Lipinski definition) is 5. The van der Waals surface area contributed by atoms with Gasteiger partial charge in [0.15, 0.2) is 11.0 Å². The summed E-state index contributed by atoms with van der Waals surface area (Å²) in [5.74, 6) is 1.99. The first-order chi connectivity index (χ1) is 14.9. The molecule has 31 heavy (non-hydrogen) atoms. The van der Waals surface area contributed by atoms with Crippen molar-refractivity contribution >= 4 is 46.6 Å². The Balaban J connectivity index is 1.65. The Hall–Kier alpha value is -2.22. The van der Waals surface area contributed by atoms with E-state index in [1.165, 1.54) is 11.8 Å². The number of carbonyl (C=O) groups is 1. The molecule has 2 aromatic carbocycles. The van der Waals surface area contributed by atoms with Gasteiger partial charge in [-0.15, -0.1) is 10.2 Å². The number of carbonyl (C=O) groups excluding carboxylic acids is 1. The molecule has 0 bridgehead atoms. The van der Waals surface area contributed by atoms with Crippen LogP contribution in [0.5, 0.6) is 5.75 Å². The van der Waals surface area contributed by atoms with Crippen LogP contribution in [0.1, 0.15) is 26.1 Å². The van der Waals surface area contributed by atoms with Gasteiger partial charge in [0.25, 0.3) is 0 Å². The summed E-state index contributed by atoms with van der Waals surface area (Å²) in [7, 11) is 0. The molecule has 0 unspecified atom stereocenters. The second-order valence-electron chi connectivity index (χ2n) is 7.27. The molecule has 6 nitrogen and oxygen atoms in total. The molecule has 0 aliphatic rings. The largest absolute Gasteiger partial charge is 0.486 e. The highest BCUT2D eigenvalue weighted by atomic mass is 35.5. The van der Waals surface area contributed by atoms with Gasteiger partial charge in [-0.05, 0) is 36.6 Å². The Morgan fingerprint density at radius 1 is 1.13 bits per heavy atom. The highest BCUT2D eigenvalue weighted by molar-refractivity contribution is 7.99. The average Bonchev–Trinajstić information content (AvgIpc) is 3.15. The first-order valence-corrected chi connectivity index (χ1v) is 11.6. The molecule has 164 valence electrons. The number of aromatic nitrogens is 3. The summed E-state index contributed by atoms with van der Waals surface area (Å²) in [6, 6.07) is 14.7. The molecular weight excluding hydrogens is 455 g/mol. The normalized spacial score (nSPS) is 11.0. The molecule has 0 radical (unpaired) electrons. The second kappa shape index (κ2) is 11.4. The zero-order valence-corrected chi connectivity index (χ0v) is 19.7. The van der Waals surface area contributed by atoms with Gasteiger partial charge in [-0.25, -0.2) is 0 Å². The SMILES string of the molecule is CC(C)CCn1c(COc2ccccc2)nnc1SCC(=O)Nc1cccc(Cl)c1Cl. The number of anilines is 1. The van der Waals surface area contributed by atoms with Crippen molar-refractivity contribution in [2.24, 2.45) is 5.92 Å². The standard InChI is InChI=1S/C22H24Cl2N4O2S/c1-15(2)11-12-28-19(13-30-16-7-4-3-5-8-16)26-27-22(28)31-14-20(29)25-18-10-6-9-17(23)21(18)24/h3-10,15H,11-14H2,1-2H3,(H,25,29). The number of amides is 1. The van der Waals surface area contributed by atoms with Crippen molar-refractivity contribution in [1.82, 2.24) is 14.8 Å². The molecule has 1 heterocycles. The quantitative estimate of drug-likeness (QED) is 0.365. The number of thioether (sulfide) groups is 1. The van der Waals surface area contributed by atoms with E-state index in [1.807, 2.05) is 34.9 Å². The van der Waals surface area contributed by atoms with Crippen molar-refractivity contribution in [3.05, 3.63) is 64.4 Å². The zero-order valence-electron chi connectivity index (χ0n) is 17.3. The maximum Gasteiger partial charge on any atom is 0.234 e. The maximum atomic E-state index is 12.4. The Morgan fingerprint density at radius 3 is 2.65 bits per heavy atom. The lowest BCUT2D eigenvalue weighted by molar-refractivity contribution is -0.113. The van der Waals surface area contributed by atoms with Crippen molar-refractivity contribution in [1.29, 1.82) is 0 Å². The lowest BCUT2D eigenvalue weighted by Gasteiger charge is -2.12. The Kier molecular flexibility index (Phi) is 8.63. The number of rotatable bonds is 10. The van der Waals surface area contributed by atoms with E-state index in [1.54, 1.807) is 18.2 Å². The fraction of sp³-hybridized carbons (Fsp3) is 0.318. The van der Waals surface area contributed by atoms with E-state index in [2.05, 4.69) is 29.4 Å². The predicted molar refractivity (Wildman–Crippen MR) is 126 cm³/mol.